The van der Waals surface area contributed by atoms with Crippen LogP contribution in [0.15, 0.2) is 23.5 Å². The molecule has 1 aliphatic carbocycles. The zero-order valence-electron chi connectivity index (χ0n) is 10.7. The Morgan fingerprint density at radius 2 is 2.28 bits per heavy atom. The quantitative estimate of drug-likeness (QED) is 0.529. The van der Waals surface area contributed by atoms with Gasteiger partial charge < -0.3 is 4.74 Å². The highest BCUT2D eigenvalue weighted by Crippen LogP contribution is 2.47. The number of likely N-dealkylation sites (tertiary alicyclic amines) is 1. The van der Waals surface area contributed by atoms with Gasteiger partial charge in [0.15, 0.2) is 0 Å². The normalized spacial score (nSPS) is 25.1. The summed E-state index contributed by atoms with van der Waals surface area (Å²) in [6.07, 6.45) is 3.24. The minimum Gasteiger partial charge on any atom is -0.452 e. The highest BCUT2D eigenvalue weighted by Gasteiger charge is 2.47. The van der Waals surface area contributed by atoms with Crippen LogP contribution in [0.2, 0.25) is 0 Å². The first-order chi connectivity index (χ1) is 8.36. The van der Waals surface area contributed by atoms with Gasteiger partial charge in [0.05, 0.1) is 12.0 Å². The van der Waals surface area contributed by atoms with Crippen molar-refractivity contribution in [2.24, 2.45) is 11.3 Å². The number of methoxy groups -OCH3 is 1. The van der Waals surface area contributed by atoms with Gasteiger partial charge in [0.25, 0.3) is 5.70 Å². The number of nitrogens with zero attached hydrogens (tertiary/aromatic N) is 2. The van der Waals surface area contributed by atoms with Crippen molar-refractivity contribution in [2.45, 2.75) is 20.3 Å². The molecular formula is C12H16N2O4. The molecule has 1 amide bonds. The van der Waals surface area contributed by atoms with Crippen molar-refractivity contribution in [3.8, 4) is 0 Å². The van der Waals surface area contributed by atoms with Crippen molar-refractivity contribution in [1.29, 1.82) is 0 Å². The number of rotatable bonds is 1. The molecule has 0 aromatic rings. The Labute approximate surface area is 105 Å². The van der Waals surface area contributed by atoms with Gasteiger partial charge in [0.2, 0.25) is 0 Å². The summed E-state index contributed by atoms with van der Waals surface area (Å²) in [4.78, 5) is 23.6. The van der Waals surface area contributed by atoms with E-state index in [1.165, 1.54) is 18.1 Å². The van der Waals surface area contributed by atoms with Crippen LogP contribution in [0.5, 0.6) is 0 Å². The van der Waals surface area contributed by atoms with Crippen molar-refractivity contribution in [1.82, 2.24) is 4.90 Å². The molecule has 1 heterocycles. The van der Waals surface area contributed by atoms with E-state index in [0.717, 1.165) is 0 Å². The van der Waals surface area contributed by atoms with Crippen LogP contribution in [0.25, 0.3) is 0 Å². The van der Waals surface area contributed by atoms with E-state index in [0.29, 0.717) is 18.7 Å². The average Bonchev–Trinajstić information content (AvgIpc) is 2.60. The molecule has 2 rings (SSSR count). The van der Waals surface area contributed by atoms with E-state index in [1.807, 2.05) is 0 Å². The molecule has 6 nitrogen and oxygen atoms in total. The third-order valence-electron chi connectivity index (χ3n) is 3.64. The molecule has 1 saturated heterocycles. The van der Waals surface area contributed by atoms with E-state index in [9.17, 15) is 14.9 Å². The minimum atomic E-state index is -0.457. The average molecular weight is 252 g/mol. The Balaban J connectivity index is 2.39. The van der Waals surface area contributed by atoms with Gasteiger partial charge in [-0.3, -0.25) is 15.0 Å². The monoisotopic (exact) mass is 252 g/mol. The van der Waals surface area contributed by atoms with Crippen LogP contribution in [0.1, 0.15) is 20.3 Å². The van der Waals surface area contributed by atoms with E-state index < -0.39 is 11.0 Å². The summed E-state index contributed by atoms with van der Waals surface area (Å²) in [5, 5.41) is 10.8. The Morgan fingerprint density at radius 1 is 1.61 bits per heavy atom. The molecule has 1 atom stereocenters. The lowest BCUT2D eigenvalue weighted by Gasteiger charge is -2.25. The first-order valence-corrected chi connectivity index (χ1v) is 5.78. The highest BCUT2D eigenvalue weighted by atomic mass is 16.6. The number of allylic oxidation sites excluding steroid dienone is 3. The number of carbonyl (C=O) groups is 1. The number of ether oxygens (including phenoxy) is 1. The fourth-order valence-electron chi connectivity index (χ4n) is 2.67. The van der Waals surface area contributed by atoms with Crippen LogP contribution in [0.4, 0.5) is 4.79 Å². The number of hydrogen-bond acceptors (Lipinski definition) is 4. The molecule has 2 aliphatic rings. The first-order valence-electron chi connectivity index (χ1n) is 5.78. The van der Waals surface area contributed by atoms with E-state index in [1.54, 1.807) is 6.08 Å². The maximum absolute atomic E-state index is 11.7. The second-order valence-corrected chi connectivity index (χ2v) is 5.29. The molecule has 1 fully saturated rings. The summed E-state index contributed by atoms with van der Waals surface area (Å²) in [7, 11) is 1.32. The van der Waals surface area contributed by atoms with Crippen molar-refractivity contribution in [3.63, 3.8) is 0 Å². The zero-order chi connectivity index (χ0) is 13.5. The van der Waals surface area contributed by atoms with Gasteiger partial charge in [-0.05, 0) is 17.9 Å². The summed E-state index contributed by atoms with van der Waals surface area (Å²) in [5.74, 6) is 0.125. The molecular weight excluding hydrogens is 236 g/mol. The smallest absolute Gasteiger partial charge is 0.413 e. The lowest BCUT2D eigenvalue weighted by atomic mass is 9.77. The van der Waals surface area contributed by atoms with Crippen molar-refractivity contribution in [3.05, 3.63) is 33.7 Å². The predicted molar refractivity (Wildman–Crippen MR) is 64.2 cm³/mol. The molecule has 0 aromatic heterocycles. The number of amides is 1. The van der Waals surface area contributed by atoms with E-state index in [2.05, 4.69) is 13.8 Å². The molecule has 18 heavy (non-hydrogen) atoms. The van der Waals surface area contributed by atoms with Gasteiger partial charge in [0.1, 0.15) is 0 Å². The molecule has 98 valence electrons. The Morgan fingerprint density at radius 3 is 2.83 bits per heavy atom. The number of fused-ring (bicyclic) bond motifs is 1. The molecule has 0 aromatic carbocycles. The minimum absolute atomic E-state index is 0.0489. The van der Waals surface area contributed by atoms with Gasteiger partial charge in [-0.1, -0.05) is 13.8 Å². The SMILES string of the molecule is COC(=O)N1CC(C)(C)C2CC=C([N+](=O)[O-])C=C21. The summed E-state index contributed by atoms with van der Waals surface area (Å²) >= 11 is 0. The van der Waals surface area contributed by atoms with Crippen LogP contribution < -0.4 is 0 Å². The Bertz CT molecular complexity index is 465. The lowest BCUT2D eigenvalue weighted by molar-refractivity contribution is -0.419. The molecule has 6 heteroatoms. The van der Waals surface area contributed by atoms with Crippen LogP contribution in [0, 0.1) is 21.4 Å². The van der Waals surface area contributed by atoms with E-state index >= 15 is 0 Å². The van der Waals surface area contributed by atoms with Crippen LogP contribution >= 0.6 is 0 Å². The van der Waals surface area contributed by atoms with Crippen LogP contribution in [-0.2, 0) is 4.74 Å². The molecule has 0 saturated carbocycles. The van der Waals surface area contributed by atoms with Gasteiger partial charge >= 0.3 is 6.09 Å². The maximum Gasteiger partial charge on any atom is 0.413 e. The fourth-order valence-corrected chi connectivity index (χ4v) is 2.67. The van der Waals surface area contributed by atoms with E-state index in [4.69, 9.17) is 4.74 Å². The number of carbonyl (C=O) groups excluding carboxylic acids is 1. The van der Waals surface area contributed by atoms with Gasteiger partial charge in [-0.2, -0.15) is 0 Å². The lowest BCUT2D eigenvalue weighted by Crippen LogP contribution is -2.29. The summed E-state index contributed by atoms with van der Waals surface area (Å²) in [6, 6.07) is 0. The Hall–Kier alpha value is -1.85. The maximum atomic E-state index is 11.7. The number of nitro groups is 1. The molecule has 0 N–H and O–H groups in total. The molecule has 1 aliphatic heterocycles. The predicted octanol–water partition coefficient (Wildman–Crippen LogP) is 2.16. The third kappa shape index (κ3) is 1.87. The highest BCUT2D eigenvalue weighted by molar-refractivity contribution is 5.71. The summed E-state index contributed by atoms with van der Waals surface area (Å²) in [5.41, 5.74) is 0.646. The second kappa shape index (κ2) is 4.12. The van der Waals surface area contributed by atoms with Gasteiger partial charge in [-0.15, -0.1) is 0 Å². The zero-order valence-corrected chi connectivity index (χ0v) is 10.7. The second-order valence-electron chi connectivity index (χ2n) is 5.29. The van der Waals surface area contributed by atoms with Gasteiger partial charge in [0, 0.05) is 24.2 Å². The van der Waals surface area contributed by atoms with Crippen LogP contribution in [0.3, 0.4) is 0 Å². The summed E-state index contributed by atoms with van der Waals surface area (Å²) < 4.78 is 4.73. The van der Waals surface area contributed by atoms with Crippen LogP contribution in [-0.4, -0.2) is 29.6 Å². The fraction of sp³-hybridized carbons (Fsp3) is 0.583. The largest absolute Gasteiger partial charge is 0.452 e. The molecule has 0 bridgehead atoms. The van der Waals surface area contributed by atoms with Crippen molar-refractivity contribution >= 4 is 6.09 Å². The first kappa shape index (κ1) is 12.6. The van der Waals surface area contributed by atoms with Gasteiger partial charge in [-0.25, -0.2) is 4.79 Å². The van der Waals surface area contributed by atoms with Crippen molar-refractivity contribution < 1.29 is 14.5 Å². The van der Waals surface area contributed by atoms with Crippen molar-refractivity contribution in [2.75, 3.05) is 13.7 Å². The standard InChI is InChI=1S/C12H16N2O4/c1-12(2)7-13(11(15)18-3)10-6-8(14(16)17)4-5-9(10)12/h4,6,9H,5,7H2,1-3H3. The topological polar surface area (TPSA) is 72.7 Å². The third-order valence-corrected chi connectivity index (χ3v) is 3.64. The molecule has 0 spiro atoms. The molecule has 1 unspecified atom stereocenters. The molecule has 0 radical (unpaired) electrons. The Kier molecular flexibility index (Phi) is 2.88. The number of hydrogen-bond donors (Lipinski definition) is 0. The summed E-state index contributed by atoms with van der Waals surface area (Å²) in [6.45, 7) is 4.63. The van der Waals surface area contributed by atoms with E-state index in [-0.39, 0.29) is 17.0 Å².